The van der Waals surface area contributed by atoms with Gasteiger partial charge in [-0.15, -0.1) is 0 Å². The van der Waals surface area contributed by atoms with Crippen molar-refractivity contribution >= 4 is 51.9 Å². The minimum Gasteiger partial charge on any atom is -0.336 e. The van der Waals surface area contributed by atoms with E-state index in [1.54, 1.807) is 0 Å². The molecule has 0 N–H and O–H groups in total. The summed E-state index contributed by atoms with van der Waals surface area (Å²) in [5.74, 6) is 0. The summed E-state index contributed by atoms with van der Waals surface area (Å²) in [7, 11) is 0. The van der Waals surface area contributed by atoms with Crippen molar-refractivity contribution in [3.63, 3.8) is 0 Å². The van der Waals surface area contributed by atoms with E-state index in [1.165, 1.54) is 0 Å². The predicted octanol–water partition coefficient (Wildman–Crippen LogP) is 7.28. The predicted molar refractivity (Wildman–Crippen MR) is 131 cm³/mol. The summed E-state index contributed by atoms with van der Waals surface area (Å²) >= 11 is 19.3. The van der Waals surface area contributed by atoms with Crippen LogP contribution < -0.4 is 14.7 Å². The van der Waals surface area contributed by atoms with Crippen LogP contribution in [0.15, 0.2) is 54.6 Å². The molecule has 1 fully saturated rings. The second-order valence-electron chi connectivity index (χ2n) is 7.84. The van der Waals surface area contributed by atoms with Gasteiger partial charge in [-0.1, -0.05) is 53.0 Å². The fourth-order valence-electron chi connectivity index (χ4n) is 3.58. The number of rotatable bonds is 3. The molecule has 1 saturated heterocycles. The minimum absolute atomic E-state index is 0.731. The van der Waals surface area contributed by atoms with Gasteiger partial charge in [0.05, 0.1) is 20.0 Å². The summed E-state index contributed by atoms with van der Waals surface area (Å²) in [6.07, 6.45) is 0. The molecule has 0 amide bonds. The summed E-state index contributed by atoms with van der Waals surface area (Å²) in [6.45, 7) is 8.25. The van der Waals surface area contributed by atoms with Crippen LogP contribution in [0.1, 0.15) is 16.7 Å². The number of anilines is 3. The van der Waals surface area contributed by atoms with Gasteiger partial charge in [0.15, 0.2) is 0 Å². The Hall–Kier alpha value is -2.07. The molecule has 6 heteroatoms. The second-order valence-corrected chi connectivity index (χ2v) is 9.07. The fourth-order valence-corrected chi connectivity index (χ4v) is 4.10. The van der Waals surface area contributed by atoms with Gasteiger partial charge in [0.2, 0.25) is 0 Å². The van der Waals surface area contributed by atoms with Crippen LogP contribution in [0.4, 0.5) is 17.1 Å². The van der Waals surface area contributed by atoms with Crippen LogP contribution in [0.3, 0.4) is 0 Å². The third-order valence-corrected chi connectivity index (χ3v) is 6.81. The highest BCUT2D eigenvalue weighted by atomic mass is 35.5. The molecule has 0 saturated carbocycles. The average molecular weight is 461 g/mol. The lowest BCUT2D eigenvalue weighted by atomic mass is 10.2. The molecule has 1 heterocycles. The van der Waals surface area contributed by atoms with Gasteiger partial charge in [0.1, 0.15) is 0 Å². The lowest BCUT2D eigenvalue weighted by Crippen LogP contribution is -2.55. The maximum absolute atomic E-state index is 6.43. The Bertz CT molecular complexity index is 941. The average Bonchev–Trinajstić information content (AvgIpc) is 2.73. The first-order valence-electron chi connectivity index (χ1n) is 9.85. The van der Waals surface area contributed by atoms with Crippen molar-refractivity contribution < 1.29 is 0 Å². The molecule has 1 aliphatic heterocycles. The Morgan fingerprint density at radius 1 is 0.500 bits per heavy atom. The van der Waals surface area contributed by atoms with Gasteiger partial charge < -0.3 is 14.7 Å². The first-order chi connectivity index (χ1) is 14.3. The Morgan fingerprint density at radius 2 is 0.767 bits per heavy atom. The topological polar surface area (TPSA) is 9.72 Å². The standard InChI is InChI=1S/C24H24Cl3N3/c1-16-4-7-19(10-22(16)25)28-13-29(20-8-5-17(2)23(26)11-20)15-30(14-28)21-9-6-18(3)24(27)12-21/h4-12H,13-15H2,1-3H3. The van der Waals surface area contributed by atoms with E-state index in [2.05, 4.69) is 51.1 Å². The molecular formula is C24H24Cl3N3. The van der Waals surface area contributed by atoms with E-state index in [0.717, 1.165) is 68.8 Å². The quantitative estimate of drug-likeness (QED) is 0.406. The molecule has 4 rings (SSSR count). The number of benzene rings is 3. The van der Waals surface area contributed by atoms with E-state index in [-0.39, 0.29) is 0 Å². The van der Waals surface area contributed by atoms with Gasteiger partial charge in [-0.25, -0.2) is 0 Å². The molecule has 0 unspecified atom stereocenters. The Balaban J connectivity index is 1.72. The third kappa shape index (κ3) is 4.34. The zero-order chi connectivity index (χ0) is 21.4. The van der Waals surface area contributed by atoms with Crippen molar-refractivity contribution in [3.8, 4) is 0 Å². The van der Waals surface area contributed by atoms with Gasteiger partial charge in [0, 0.05) is 32.1 Å². The van der Waals surface area contributed by atoms with Crippen molar-refractivity contribution in [2.24, 2.45) is 0 Å². The SMILES string of the molecule is Cc1ccc(N2CN(c3ccc(C)c(Cl)c3)CN(c3ccc(C)c(Cl)c3)C2)cc1Cl. The smallest absolute Gasteiger partial charge is 0.0937 e. The molecule has 0 atom stereocenters. The molecule has 0 bridgehead atoms. The Kier molecular flexibility index (Phi) is 6.06. The second kappa shape index (κ2) is 8.58. The molecule has 0 aromatic heterocycles. The summed E-state index contributed by atoms with van der Waals surface area (Å²) in [5, 5.41) is 2.31. The molecule has 156 valence electrons. The minimum atomic E-state index is 0.731. The molecule has 0 spiro atoms. The van der Waals surface area contributed by atoms with Crippen LogP contribution in [0.5, 0.6) is 0 Å². The van der Waals surface area contributed by atoms with Crippen molar-refractivity contribution in [2.45, 2.75) is 20.8 Å². The zero-order valence-corrected chi connectivity index (χ0v) is 19.6. The molecule has 0 radical (unpaired) electrons. The zero-order valence-electron chi connectivity index (χ0n) is 17.3. The summed E-state index contributed by atoms with van der Waals surface area (Å²) < 4.78 is 0. The number of nitrogens with zero attached hydrogens (tertiary/aromatic N) is 3. The van der Waals surface area contributed by atoms with E-state index in [0.29, 0.717) is 0 Å². The van der Waals surface area contributed by atoms with Gasteiger partial charge in [-0.3, -0.25) is 0 Å². The van der Waals surface area contributed by atoms with Crippen LogP contribution in [0.25, 0.3) is 0 Å². The van der Waals surface area contributed by atoms with Crippen LogP contribution in [-0.4, -0.2) is 20.0 Å². The highest BCUT2D eigenvalue weighted by Gasteiger charge is 2.25. The van der Waals surface area contributed by atoms with E-state index in [1.807, 2.05) is 39.0 Å². The van der Waals surface area contributed by atoms with Gasteiger partial charge in [0.25, 0.3) is 0 Å². The largest absolute Gasteiger partial charge is 0.336 e. The lowest BCUT2D eigenvalue weighted by molar-refractivity contribution is 0.611. The van der Waals surface area contributed by atoms with Crippen LogP contribution in [0, 0.1) is 20.8 Å². The van der Waals surface area contributed by atoms with E-state index >= 15 is 0 Å². The maximum Gasteiger partial charge on any atom is 0.0937 e. The van der Waals surface area contributed by atoms with Crippen LogP contribution in [0.2, 0.25) is 15.1 Å². The van der Waals surface area contributed by atoms with E-state index in [9.17, 15) is 0 Å². The molecule has 3 nitrogen and oxygen atoms in total. The molecule has 30 heavy (non-hydrogen) atoms. The monoisotopic (exact) mass is 459 g/mol. The molecule has 0 aliphatic carbocycles. The van der Waals surface area contributed by atoms with Crippen molar-refractivity contribution in [1.82, 2.24) is 0 Å². The normalized spacial score (nSPS) is 14.4. The molecule has 1 aliphatic rings. The first kappa shape index (κ1) is 21.2. The van der Waals surface area contributed by atoms with E-state index in [4.69, 9.17) is 34.8 Å². The highest BCUT2D eigenvalue weighted by Crippen LogP contribution is 2.32. The Morgan fingerprint density at radius 3 is 1.00 bits per heavy atom. The number of hydrogen-bond donors (Lipinski definition) is 0. The van der Waals surface area contributed by atoms with Crippen LogP contribution in [-0.2, 0) is 0 Å². The summed E-state index contributed by atoms with van der Waals surface area (Å²) in [4.78, 5) is 6.91. The van der Waals surface area contributed by atoms with Gasteiger partial charge >= 0.3 is 0 Å². The highest BCUT2D eigenvalue weighted by molar-refractivity contribution is 6.32. The summed E-state index contributed by atoms with van der Waals surface area (Å²) in [5.41, 5.74) is 6.45. The Labute approximate surface area is 193 Å². The van der Waals surface area contributed by atoms with Crippen molar-refractivity contribution in [1.29, 1.82) is 0 Å². The lowest BCUT2D eigenvalue weighted by Gasteiger charge is -2.45. The maximum atomic E-state index is 6.43. The van der Waals surface area contributed by atoms with Crippen LogP contribution >= 0.6 is 34.8 Å². The number of hydrogen-bond acceptors (Lipinski definition) is 3. The van der Waals surface area contributed by atoms with E-state index < -0.39 is 0 Å². The van der Waals surface area contributed by atoms with Gasteiger partial charge in [-0.05, 0) is 73.9 Å². The third-order valence-electron chi connectivity index (χ3n) is 5.59. The first-order valence-corrected chi connectivity index (χ1v) is 11.0. The molecule has 3 aromatic carbocycles. The number of aryl methyl sites for hydroxylation is 3. The van der Waals surface area contributed by atoms with Crippen molar-refractivity contribution in [3.05, 3.63) is 86.4 Å². The van der Waals surface area contributed by atoms with Gasteiger partial charge in [-0.2, -0.15) is 0 Å². The molecular weight excluding hydrogens is 437 g/mol. The molecule has 3 aromatic rings. The fraction of sp³-hybridized carbons (Fsp3) is 0.250. The number of halogens is 3. The summed E-state index contributed by atoms with van der Waals surface area (Å²) in [6, 6.07) is 18.6. The van der Waals surface area contributed by atoms with Crippen molar-refractivity contribution in [2.75, 3.05) is 34.7 Å².